The summed E-state index contributed by atoms with van der Waals surface area (Å²) in [7, 11) is 0. The number of halogens is 1. The van der Waals surface area contributed by atoms with Gasteiger partial charge in [0.05, 0.1) is 11.6 Å². The molecule has 0 radical (unpaired) electrons. The molecule has 0 unspecified atom stereocenters. The molecule has 0 aromatic carbocycles. The molecule has 0 saturated heterocycles. The molecule has 0 fully saturated rings. The van der Waals surface area contributed by atoms with E-state index in [1.807, 2.05) is 0 Å². The van der Waals surface area contributed by atoms with Gasteiger partial charge in [-0.1, -0.05) is 11.6 Å². The summed E-state index contributed by atoms with van der Waals surface area (Å²) in [4.78, 5) is 4.54. The average molecular weight is 170 g/mol. The molecule has 2 aromatic rings. The maximum Gasteiger partial charge on any atom is 0.140 e. The van der Waals surface area contributed by atoms with Crippen LogP contribution in [0.4, 0.5) is 0 Å². The monoisotopic (exact) mass is 169 g/mol. The van der Waals surface area contributed by atoms with Gasteiger partial charge in [-0.15, -0.1) is 9.94 Å². The van der Waals surface area contributed by atoms with Crippen molar-refractivity contribution in [2.75, 3.05) is 0 Å². The molecule has 0 saturated carbocycles. The van der Waals surface area contributed by atoms with E-state index in [0.717, 1.165) is 4.85 Å². The maximum atomic E-state index is 8.90. The van der Waals surface area contributed by atoms with Gasteiger partial charge in [0, 0.05) is 6.20 Å². The van der Waals surface area contributed by atoms with Gasteiger partial charge in [-0.05, 0) is 6.07 Å². The van der Waals surface area contributed by atoms with E-state index >= 15 is 0 Å². The fourth-order valence-electron chi connectivity index (χ4n) is 0.900. The molecule has 0 atom stereocenters. The molecule has 2 aromatic heterocycles. The Balaban J connectivity index is 2.90. The molecule has 0 aliphatic rings. The lowest BCUT2D eigenvalue weighted by Gasteiger charge is -1.86. The minimum Gasteiger partial charge on any atom is -0.412 e. The van der Waals surface area contributed by atoms with Gasteiger partial charge in [-0.25, -0.2) is 4.98 Å². The van der Waals surface area contributed by atoms with E-state index in [-0.39, 0.29) is 0 Å². The van der Waals surface area contributed by atoms with Crippen molar-refractivity contribution < 1.29 is 5.21 Å². The summed E-state index contributed by atoms with van der Waals surface area (Å²) < 4.78 is 0. The van der Waals surface area contributed by atoms with Crippen LogP contribution in [0.15, 0.2) is 18.5 Å². The van der Waals surface area contributed by atoms with Gasteiger partial charge >= 0.3 is 0 Å². The largest absolute Gasteiger partial charge is 0.412 e. The standard InChI is InChI=1S/C6H4ClN3O/c7-6-4-3-10(11)9-5(4)1-2-8-6/h1-3,11H. The Hall–Kier alpha value is -1.29. The Kier molecular flexibility index (Phi) is 1.22. The van der Waals surface area contributed by atoms with E-state index in [2.05, 4.69) is 10.1 Å². The van der Waals surface area contributed by atoms with Gasteiger partial charge in [0.25, 0.3) is 0 Å². The summed E-state index contributed by atoms with van der Waals surface area (Å²) in [5.74, 6) is 0. The maximum absolute atomic E-state index is 8.90. The summed E-state index contributed by atoms with van der Waals surface area (Å²) in [5, 5.41) is 13.6. The van der Waals surface area contributed by atoms with Crippen molar-refractivity contribution in [2.24, 2.45) is 0 Å². The fraction of sp³-hybridized carbons (Fsp3) is 0. The minimum absolute atomic E-state index is 0.350. The van der Waals surface area contributed by atoms with Crippen LogP contribution in [0.2, 0.25) is 5.15 Å². The van der Waals surface area contributed by atoms with Crippen molar-refractivity contribution in [1.82, 2.24) is 14.9 Å². The third-order valence-corrected chi connectivity index (χ3v) is 1.67. The van der Waals surface area contributed by atoms with Gasteiger partial charge < -0.3 is 5.21 Å². The molecule has 4 nitrogen and oxygen atoms in total. The van der Waals surface area contributed by atoms with Crippen LogP contribution in [-0.2, 0) is 0 Å². The number of pyridine rings is 1. The second-order valence-electron chi connectivity index (χ2n) is 2.08. The van der Waals surface area contributed by atoms with Crippen LogP contribution >= 0.6 is 11.6 Å². The van der Waals surface area contributed by atoms with Crippen molar-refractivity contribution in [3.8, 4) is 0 Å². The molecular formula is C6H4ClN3O. The Morgan fingerprint density at radius 1 is 1.55 bits per heavy atom. The zero-order valence-corrected chi connectivity index (χ0v) is 6.15. The van der Waals surface area contributed by atoms with Crippen molar-refractivity contribution in [1.29, 1.82) is 0 Å². The van der Waals surface area contributed by atoms with Gasteiger partial charge in [0.1, 0.15) is 10.7 Å². The molecule has 2 heterocycles. The molecular weight excluding hydrogens is 166 g/mol. The van der Waals surface area contributed by atoms with Crippen LogP contribution < -0.4 is 0 Å². The second kappa shape index (κ2) is 2.10. The average Bonchev–Trinajstić information content (AvgIpc) is 2.31. The topological polar surface area (TPSA) is 50.9 Å². The summed E-state index contributed by atoms with van der Waals surface area (Å²) in [6.45, 7) is 0. The number of hydrogen-bond acceptors (Lipinski definition) is 3. The van der Waals surface area contributed by atoms with Crippen molar-refractivity contribution >= 4 is 22.5 Å². The van der Waals surface area contributed by atoms with Gasteiger partial charge in [-0.2, -0.15) is 0 Å². The highest BCUT2D eigenvalue weighted by Gasteiger charge is 2.02. The third-order valence-electron chi connectivity index (χ3n) is 1.37. The zero-order chi connectivity index (χ0) is 7.84. The van der Waals surface area contributed by atoms with E-state index < -0.39 is 0 Å². The first-order valence-electron chi connectivity index (χ1n) is 2.96. The normalized spacial score (nSPS) is 10.6. The van der Waals surface area contributed by atoms with E-state index in [4.69, 9.17) is 16.8 Å². The van der Waals surface area contributed by atoms with Crippen molar-refractivity contribution in [3.63, 3.8) is 0 Å². The SMILES string of the molecule is On1cc2c(Cl)nccc2n1. The zero-order valence-electron chi connectivity index (χ0n) is 5.40. The van der Waals surface area contributed by atoms with E-state index in [9.17, 15) is 0 Å². The Labute approximate surface area is 67.0 Å². The molecule has 0 spiro atoms. The highest BCUT2D eigenvalue weighted by molar-refractivity contribution is 6.34. The van der Waals surface area contributed by atoms with Crippen LogP contribution in [0.3, 0.4) is 0 Å². The van der Waals surface area contributed by atoms with E-state index in [0.29, 0.717) is 16.1 Å². The Morgan fingerprint density at radius 3 is 3.09 bits per heavy atom. The molecule has 1 N–H and O–H groups in total. The van der Waals surface area contributed by atoms with Gasteiger partial charge in [-0.3, -0.25) is 0 Å². The van der Waals surface area contributed by atoms with Crippen molar-refractivity contribution in [2.45, 2.75) is 0 Å². The van der Waals surface area contributed by atoms with Crippen molar-refractivity contribution in [3.05, 3.63) is 23.6 Å². The fourth-order valence-corrected chi connectivity index (χ4v) is 1.10. The number of aromatic nitrogens is 3. The number of rotatable bonds is 0. The lowest BCUT2D eigenvalue weighted by molar-refractivity contribution is 0.151. The quantitative estimate of drug-likeness (QED) is 0.478. The number of nitrogens with zero attached hydrogens (tertiary/aromatic N) is 3. The number of hydrogen-bond donors (Lipinski definition) is 1. The summed E-state index contributed by atoms with van der Waals surface area (Å²) in [5.41, 5.74) is 0.632. The second-order valence-corrected chi connectivity index (χ2v) is 2.44. The lowest BCUT2D eigenvalue weighted by Crippen LogP contribution is -1.86. The lowest BCUT2D eigenvalue weighted by atomic mass is 10.3. The first-order valence-corrected chi connectivity index (χ1v) is 3.34. The van der Waals surface area contributed by atoms with Gasteiger partial charge in [0.2, 0.25) is 0 Å². The molecule has 11 heavy (non-hydrogen) atoms. The van der Waals surface area contributed by atoms with E-state index in [1.165, 1.54) is 12.4 Å². The minimum atomic E-state index is 0.350. The number of fused-ring (bicyclic) bond motifs is 1. The summed E-state index contributed by atoms with van der Waals surface area (Å²) in [6, 6.07) is 1.67. The van der Waals surface area contributed by atoms with Crippen LogP contribution in [0.25, 0.3) is 10.9 Å². The van der Waals surface area contributed by atoms with Crippen LogP contribution in [-0.4, -0.2) is 20.1 Å². The summed E-state index contributed by atoms with van der Waals surface area (Å²) in [6.07, 6.45) is 2.95. The molecule has 0 bridgehead atoms. The highest BCUT2D eigenvalue weighted by atomic mass is 35.5. The third kappa shape index (κ3) is 0.914. The first kappa shape index (κ1) is 6.42. The predicted molar refractivity (Wildman–Crippen MR) is 39.7 cm³/mol. The highest BCUT2D eigenvalue weighted by Crippen LogP contribution is 2.18. The molecule has 5 heteroatoms. The molecule has 2 rings (SSSR count). The van der Waals surface area contributed by atoms with Crippen LogP contribution in [0.1, 0.15) is 0 Å². The van der Waals surface area contributed by atoms with E-state index in [1.54, 1.807) is 6.07 Å². The van der Waals surface area contributed by atoms with Crippen LogP contribution in [0, 0.1) is 0 Å². The predicted octanol–water partition coefficient (Wildman–Crippen LogP) is 1.32. The van der Waals surface area contributed by atoms with Gasteiger partial charge in [0.15, 0.2) is 0 Å². The summed E-state index contributed by atoms with van der Waals surface area (Å²) >= 11 is 5.69. The Morgan fingerprint density at radius 2 is 2.36 bits per heavy atom. The first-order chi connectivity index (χ1) is 5.27. The molecule has 0 aliphatic heterocycles. The Bertz CT molecular complexity index is 398. The molecule has 56 valence electrons. The molecule has 0 aliphatic carbocycles. The molecule has 0 amide bonds. The smallest absolute Gasteiger partial charge is 0.140 e. The van der Waals surface area contributed by atoms with Crippen LogP contribution in [0.5, 0.6) is 0 Å².